The van der Waals surface area contributed by atoms with Gasteiger partial charge in [0.1, 0.15) is 0 Å². The molecular weight excluding hydrogens is 422 g/mol. The Bertz CT molecular complexity index is 1240. The molecule has 0 fully saturated rings. The summed E-state index contributed by atoms with van der Waals surface area (Å²) in [5, 5.41) is 24.1. The molecule has 0 atom stereocenters. The number of H-pyrrole nitrogens is 1. The van der Waals surface area contributed by atoms with Crippen LogP contribution in [0, 0.1) is 0 Å². The van der Waals surface area contributed by atoms with E-state index in [0.717, 1.165) is 48.0 Å². The normalized spacial score (nSPS) is 12.9. The Morgan fingerprint density at radius 1 is 1.21 bits per heavy atom. The first-order valence-corrected chi connectivity index (χ1v) is 11.6. The highest BCUT2D eigenvalue weighted by Gasteiger charge is 2.25. The molecule has 8 nitrogen and oxygen atoms in total. The number of nitrogens with zero attached hydrogens (tertiary/aromatic N) is 1. The van der Waals surface area contributed by atoms with Crippen molar-refractivity contribution in [3.05, 3.63) is 45.4 Å². The number of carboxylic acid groups (broad SMARTS) is 1. The molecule has 0 amide bonds. The zero-order valence-corrected chi connectivity index (χ0v) is 19.2. The zero-order chi connectivity index (χ0) is 23.5. The highest BCUT2D eigenvalue weighted by molar-refractivity contribution is 5.89. The number of benzene rings is 1. The van der Waals surface area contributed by atoms with Gasteiger partial charge in [0.15, 0.2) is 5.75 Å². The third kappa shape index (κ3) is 4.61. The number of fused-ring (bicyclic) bond motifs is 4. The van der Waals surface area contributed by atoms with Crippen LogP contribution in [0.5, 0.6) is 11.5 Å². The summed E-state index contributed by atoms with van der Waals surface area (Å²) < 4.78 is 6.74. The number of aromatic nitrogens is 2. The second-order valence-corrected chi connectivity index (χ2v) is 8.71. The minimum absolute atomic E-state index is 0.398. The van der Waals surface area contributed by atoms with E-state index in [-0.39, 0.29) is 0 Å². The summed E-state index contributed by atoms with van der Waals surface area (Å²) in [5.41, 5.74) is 4.53. The molecule has 2 aromatic heterocycles. The molecule has 4 rings (SSSR count). The molecule has 0 saturated carbocycles. The minimum Gasteiger partial charge on any atom is -0.504 e. The maximum Gasteiger partial charge on any atom is 0.511 e. The molecule has 1 aromatic carbocycles. The van der Waals surface area contributed by atoms with Crippen molar-refractivity contribution in [1.29, 1.82) is 0 Å². The second-order valence-electron chi connectivity index (χ2n) is 8.71. The van der Waals surface area contributed by atoms with Crippen LogP contribution in [0.1, 0.15) is 55.8 Å². The number of rotatable bonds is 8. The summed E-state index contributed by atoms with van der Waals surface area (Å²) in [5.74, 6) is -0.970. The fourth-order valence-corrected chi connectivity index (χ4v) is 4.71. The van der Waals surface area contributed by atoms with Crippen molar-refractivity contribution in [3.63, 3.8) is 0 Å². The van der Waals surface area contributed by atoms with Gasteiger partial charge in [0.2, 0.25) is 5.75 Å². The lowest BCUT2D eigenvalue weighted by Crippen LogP contribution is -2.17. The van der Waals surface area contributed by atoms with E-state index in [4.69, 9.17) is 5.11 Å². The van der Waals surface area contributed by atoms with E-state index in [1.165, 1.54) is 31.4 Å². The van der Waals surface area contributed by atoms with Crippen molar-refractivity contribution in [2.45, 2.75) is 58.4 Å². The summed E-state index contributed by atoms with van der Waals surface area (Å²) in [6.07, 6.45) is 5.33. The molecule has 0 aliphatic heterocycles. The average Bonchev–Trinajstić information content (AvgIpc) is 2.96. The molecule has 0 saturated heterocycles. The Morgan fingerprint density at radius 3 is 2.79 bits per heavy atom. The second kappa shape index (κ2) is 9.70. The number of unbranched alkanes of at least 4 members (excludes halogenated alkanes) is 3. The number of hydrogen-bond donors (Lipinski definition) is 4. The minimum atomic E-state index is -1.64. The van der Waals surface area contributed by atoms with E-state index in [1.807, 2.05) is 6.07 Å². The summed E-state index contributed by atoms with van der Waals surface area (Å²) in [6, 6.07) is 6.35. The Morgan fingerprint density at radius 2 is 2.03 bits per heavy atom. The lowest BCUT2D eigenvalue weighted by molar-refractivity contribution is 0.142. The van der Waals surface area contributed by atoms with Crippen molar-refractivity contribution < 1.29 is 19.7 Å². The summed E-state index contributed by atoms with van der Waals surface area (Å²) >= 11 is 0. The number of carbonyl (C=O) groups is 1. The molecule has 4 N–H and O–H groups in total. The van der Waals surface area contributed by atoms with Crippen LogP contribution >= 0.6 is 0 Å². The van der Waals surface area contributed by atoms with Crippen molar-refractivity contribution in [2.75, 3.05) is 6.54 Å². The Balaban J connectivity index is 1.69. The largest absolute Gasteiger partial charge is 0.511 e. The first kappa shape index (κ1) is 22.9. The maximum absolute atomic E-state index is 12.5. The van der Waals surface area contributed by atoms with E-state index < -0.39 is 23.2 Å². The lowest BCUT2D eigenvalue weighted by Gasteiger charge is -2.13. The molecule has 1 aliphatic carbocycles. The van der Waals surface area contributed by atoms with Gasteiger partial charge in [-0.2, -0.15) is 0 Å². The van der Waals surface area contributed by atoms with Crippen LogP contribution in [0.4, 0.5) is 4.79 Å². The van der Waals surface area contributed by atoms with Crippen LogP contribution in [0.15, 0.2) is 23.0 Å². The van der Waals surface area contributed by atoms with Crippen molar-refractivity contribution >= 4 is 17.1 Å². The average molecular weight is 454 g/mol. The van der Waals surface area contributed by atoms with Crippen LogP contribution in [0.2, 0.25) is 0 Å². The highest BCUT2D eigenvalue weighted by Crippen LogP contribution is 2.40. The van der Waals surface area contributed by atoms with Crippen LogP contribution in [-0.4, -0.2) is 32.5 Å². The number of hydrogen-bond acceptors (Lipinski definition) is 5. The van der Waals surface area contributed by atoms with Gasteiger partial charge >= 0.3 is 6.16 Å². The molecule has 1 aliphatic rings. The monoisotopic (exact) mass is 453 g/mol. The molecule has 176 valence electrons. The molecule has 0 spiro atoms. The number of aryl methyl sites for hydroxylation is 2. The number of ether oxygens (including phenoxy) is 1. The van der Waals surface area contributed by atoms with E-state index in [0.29, 0.717) is 17.7 Å². The van der Waals surface area contributed by atoms with Crippen LogP contribution < -0.4 is 15.6 Å². The van der Waals surface area contributed by atoms with Gasteiger partial charge in [0, 0.05) is 41.3 Å². The molecule has 3 aromatic rings. The van der Waals surface area contributed by atoms with E-state index in [2.05, 4.69) is 45.7 Å². The van der Waals surface area contributed by atoms with Crippen LogP contribution in [-0.2, 0) is 26.4 Å². The SMILES string of the molecule is CCCCCCNCc1cc2cc3c(cc2n1C)CCCc1c-3[nH]c(=O)c(OC(=O)O)c1O. The third-order valence-corrected chi connectivity index (χ3v) is 6.46. The van der Waals surface area contributed by atoms with Gasteiger partial charge in [-0.15, -0.1) is 0 Å². The van der Waals surface area contributed by atoms with E-state index >= 15 is 0 Å². The molecule has 33 heavy (non-hydrogen) atoms. The first-order valence-electron chi connectivity index (χ1n) is 11.6. The van der Waals surface area contributed by atoms with Gasteiger partial charge in [-0.25, -0.2) is 4.79 Å². The summed E-state index contributed by atoms with van der Waals surface area (Å²) in [7, 11) is 2.07. The standard InChI is InChI=1S/C25H31N3O5/c1-3-4-5-6-10-26-14-17-11-16-12-19-15(13-20(16)28(17)2)8-7-9-18-21(19)27-24(30)23(22(18)29)33-25(31)32/h11-13,26H,3-10,14H2,1-2H3,(H,31,32)(H2,27,29,30). The van der Waals surface area contributed by atoms with E-state index in [9.17, 15) is 14.7 Å². The highest BCUT2D eigenvalue weighted by atomic mass is 16.7. The van der Waals surface area contributed by atoms with Gasteiger partial charge in [0.05, 0.1) is 5.69 Å². The summed E-state index contributed by atoms with van der Waals surface area (Å²) in [6.45, 7) is 3.99. The number of aromatic hydroxyl groups is 1. The predicted octanol–water partition coefficient (Wildman–Crippen LogP) is 4.45. The smallest absolute Gasteiger partial charge is 0.504 e. The quantitative estimate of drug-likeness (QED) is 0.296. The topological polar surface area (TPSA) is 117 Å². The molecule has 2 heterocycles. The Kier molecular flexibility index (Phi) is 6.74. The fraction of sp³-hybridized carbons (Fsp3) is 0.440. The van der Waals surface area contributed by atoms with Crippen molar-refractivity contribution in [2.24, 2.45) is 7.05 Å². The van der Waals surface area contributed by atoms with Crippen LogP contribution in [0.3, 0.4) is 0 Å². The molecule has 0 bridgehead atoms. The van der Waals surface area contributed by atoms with Gasteiger partial charge in [-0.05, 0) is 56.0 Å². The number of pyridine rings is 1. The zero-order valence-electron chi connectivity index (χ0n) is 19.2. The van der Waals surface area contributed by atoms with Gasteiger partial charge in [-0.1, -0.05) is 26.2 Å². The van der Waals surface area contributed by atoms with Gasteiger partial charge < -0.3 is 29.8 Å². The van der Waals surface area contributed by atoms with E-state index in [1.54, 1.807) is 0 Å². The summed E-state index contributed by atoms with van der Waals surface area (Å²) in [4.78, 5) is 26.2. The first-order chi connectivity index (χ1) is 15.9. The Labute approximate surface area is 192 Å². The number of nitrogens with one attached hydrogen (secondary N) is 2. The third-order valence-electron chi connectivity index (χ3n) is 6.46. The fourth-order valence-electron chi connectivity index (χ4n) is 4.71. The van der Waals surface area contributed by atoms with Gasteiger partial charge in [0.25, 0.3) is 5.56 Å². The van der Waals surface area contributed by atoms with Crippen LogP contribution in [0.25, 0.3) is 22.2 Å². The molecule has 0 radical (unpaired) electrons. The Hall–Kier alpha value is -3.26. The predicted molar refractivity (Wildman–Crippen MR) is 127 cm³/mol. The molecule has 0 unspecified atom stereocenters. The molecule has 8 heteroatoms. The lowest BCUT2D eigenvalue weighted by atomic mass is 9.99. The maximum atomic E-state index is 12.5. The van der Waals surface area contributed by atoms with Crippen molar-refractivity contribution in [1.82, 2.24) is 14.9 Å². The molecular formula is C25H31N3O5. The van der Waals surface area contributed by atoms with Gasteiger partial charge in [-0.3, -0.25) is 4.79 Å². The number of aromatic amines is 1. The van der Waals surface area contributed by atoms with Crippen molar-refractivity contribution in [3.8, 4) is 22.8 Å².